The number of hydrogen-bond donors (Lipinski definition) is 2. The molecule has 2 N–H and O–H groups in total. The lowest BCUT2D eigenvalue weighted by atomic mass is 9.87. The third-order valence-electron chi connectivity index (χ3n) is 4.35. The molecule has 5 heteroatoms. The fourth-order valence-corrected chi connectivity index (χ4v) is 4.00. The Morgan fingerprint density at radius 1 is 1.24 bits per heavy atom. The second kappa shape index (κ2) is 5.39. The number of phenolic OH excluding ortho intramolecular Hbond substituents is 1. The number of aromatic hydroxyl groups is 1. The van der Waals surface area contributed by atoms with Crippen LogP contribution in [0.2, 0.25) is 0 Å². The van der Waals surface area contributed by atoms with E-state index >= 15 is 0 Å². The van der Waals surface area contributed by atoms with Crippen LogP contribution in [-0.2, 0) is 13.0 Å². The van der Waals surface area contributed by atoms with Gasteiger partial charge in [-0.25, -0.2) is 0 Å². The zero-order chi connectivity index (χ0) is 14.2. The molecule has 1 heterocycles. The van der Waals surface area contributed by atoms with Gasteiger partial charge in [0.1, 0.15) is 15.8 Å². The molecule has 21 heavy (non-hydrogen) atoms. The molecule has 110 valence electrons. The van der Waals surface area contributed by atoms with Gasteiger partial charge in [-0.3, -0.25) is 0 Å². The van der Waals surface area contributed by atoms with Gasteiger partial charge in [0.05, 0.1) is 6.54 Å². The molecule has 0 radical (unpaired) electrons. The molecule has 1 aromatic carbocycles. The van der Waals surface area contributed by atoms with Crippen LogP contribution in [0.25, 0.3) is 0 Å². The van der Waals surface area contributed by atoms with E-state index in [4.69, 9.17) is 0 Å². The maximum absolute atomic E-state index is 9.71. The van der Waals surface area contributed by atoms with E-state index in [2.05, 4.69) is 21.6 Å². The Morgan fingerprint density at radius 2 is 2.14 bits per heavy atom. The smallest absolute Gasteiger partial charge is 0.131 e. The van der Waals surface area contributed by atoms with E-state index in [1.807, 2.05) is 6.07 Å². The predicted octanol–water partition coefficient (Wildman–Crippen LogP) is 3.29. The monoisotopic (exact) mass is 301 g/mol. The van der Waals surface area contributed by atoms with Gasteiger partial charge in [0.25, 0.3) is 0 Å². The van der Waals surface area contributed by atoms with Crippen molar-refractivity contribution in [1.82, 2.24) is 15.5 Å². The summed E-state index contributed by atoms with van der Waals surface area (Å²) in [6.07, 6.45) is 5.97. The lowest BCUT2D eigenvalue weighted by Crippen LogP contribution is -2.24. The second-order valence-electron chi connectivity index (χ2n) is 6.02. The van der Waals surface area contributed by atoms with Crippen LogP contribution in [0.4, 0.5) is 0 Å². The topological polar surface area (TPSA) is 58.0 Å². The van der Waals surface area contributed by atoms with Crippen LogP contribution in [0.1, 0.15) is 58.8 Å². The highest BCUT2D eigenvalue weighted by Gasteiger charge is 2.27. The van der Waals surface area contributed by atoms with E-state index in [9.17, 15) is 5.11 Å². The molecule has 1 aromatic heterocycles. The van der Waals surface area contributed by atoms with Crippen molar-refractivity contribution >= 4 is 11.3 Å². The van der Waals surface area contributed by atoms with Crippen molar-refractivity contribution in [2.45, 2.75) is 50.6 Å². The van der Waals surface area contributed by atoms with E-state index in [1.165, 1.54) is 35.4 Å². The summed E-state index contributed by atoms with van der Waals surface area (Å²) in [6, 6.07) is 6.05. The second-order valence-corrected chi connectivity index (χ2v) is 7.11. The Labute approximate surface area is 128 Å². The SMILES string of the molecule is Oc1ccc2c(c1)C(NCc1nnc(C3CC3)s1)CCC2. The predicted molar refractivity (Wildman–Crippen MR) is 82.5 cm³/mol. The average Bonchev–Trinajstić information content (AvgIpc) is 3.24. The van der Waals surface area contributed by atoms with Crippen LogP contribution in [0.3, 0.4) is 0 Å². The molecular formula is C16H19N3OS. The fourth-order valence-electron chi connectivity index (χ4n) is 3.04. The molecule has 0 amide bonds. The van der Waals surface area contributed by atoms with Gasteiger partial charge < -0.3 is 10.4 Å². The number of rotatable bonds is 4. The van der Waals surface area contributed by atoms with Crippen molar-refractivity contribution in [3.05, 3.63) is 39.3 Å². The van der Waals surface area contributed by atoms with Crippen molar-refractivity contribution in [3.63, 3.8) is 0 Å². The van der Waals surface area contributed by atoms with Gasteiger partial charge >= 0.3 is 0 Å². The first-order chi connectivity index (χ1) is 10.3. The molecule has 4 nitrogen and oxygen atoms in total. The Bertz CT molecular complexity index is 651. The average molecular weight is 301 g/mol. The summed E-state index contributed by atoms with van der Waals surface area (Å²) in [4.78, 5) is 0. The first-order valence-electron chi connectivity index (χ1n) is 7.67. The highest BCUT2D eigenvalue weighted by atomic mass is 32.1. The van der Waals surface area contributed by atoms with Gasteiger partial charge in [0, 0.05) is 12.0 Å². The van der Waals surface area contributed by atoms with Crippen molar-refractivity contribution in [2.75, 3.05) is 0 Å². The number of aromatic nitrogens is 2. The molecule has 1 fully saturated rings. The molecule has 0 saturated heterocycles. The minimum absolute atomic E-state index is 0.314. The summed E-state index contributed by atoms with van der Waals surface area (Å²) in [5.41, 5.74) is 2.60. The Morgan fingerprint density at radius 3 is 3.00 bits per heavy atom. The Hall–Kier alpha value is -1.46. The first-order valence-corrected chi connectivity index (χ1v) is 8.49. The normalized spacial score (nSPS) is 21.2. The van der Waals surface area contributed by atoms with Crippen LogP contribution in [0.5, 0.6) is 5.75 Å². The van der Waals surface area contributed by atoms with Crippen molar-refractivity contribution in [2.24, 2.45) is 0 Å². The maximum Gasteiger partial charge on any atom is 0.131 e. The van der Waals surface area contributed by atoms with Gasteiger partial charge in [-0.2, -0.15) is 0 Å². The number of nitrogens with zero attached hydrogens (tertiary/aromatic N) is 2. The molecule has 4 rings (SSSR count). The molecule has 1 atom stereocenters. The third-order valence-corrected chi connectivity index (χ3v) is 5.44. The van der Waals surface area contributed by atoms with Gasteiger partial charge in [0.15, 0.2) is 0 Å². The largest absolute Gasteiger partial charge is 0.508 e. The summed E-state index contributed by atoms with van der Waals surface area (Å²) >= 11 is 1.74. The lowest BCUT2D eigenvalue weighted by molar-refractivity contribution is 0.445. The number of aryl methyl sites for hydroxylation is 1. The molecule has 0 bridgehead atoms. The van der Waals surface area contributed by atoms with Crippen LogP contribution in [0, 0.1) is 0 Å². The minimum Gasteiger partial charge on any atom is -0.508 e. The standard InChI is InChI=1S/C16H19N3OS/c20-12-7-6-10-2-1-3-14(13(10)8-12)17-9-15-18-19-16(21-15)11-4-5-11/h6-8,11,14,17,20H,1-5,9H2. The highest BCUT2D eigenvalue weighted by Crippen LogP contribution is 2.41. The highest BCUT2D eigenvalue weighted by molar-refractivity contribution is 7.11. The van der Waals surface area contributed by atoms with E-state index in [1.54, 1.807) is 17.4 Å². The zero-order valence-electron chi connectivity index (χ0n) is 11.9. The number of fused-ring (bicyclic) bond motifs is 1. The molecule has 1 unspecified atom stereocenters. The van der Waals surface area contributed by atoms with E-state index in [-0.39, 0.29) is 0 Å². The van der Waals surface area contributed by atoms with Gasteiger partial charge in [-0.1, -0.05) is 17.4 Å². The summed E-state index contributed by atoms with van der Waals surface area (Å²) < 4.78 is 0. The number of hydrogen-bond acceptors (Lipinski definition) is 5. The van der Waals surface area contributed by atoms with E-state index in [0.29, 0.717) is 17.7 Å². The maximum atomic E-state index is 9.71. The zero-order valence-corrected chi connectivity index (χ0v) is 12.7. The third kappa shape index (κ3) is 2.80. The van der Waals surface area contributed by atoms with Crippen LogP contribution < -0.4 is 5.32 Å². The molecular weight excluding hydrogens is 282 g/mol. The van der Waals surface area contributed by atoms with Crippen molar-refractivity contribution in [1.29, 1.82) is 0 Å². The van der Waals surface area contributed by atoms with Crippen molar-refractivity contribution in [3.8, 4) is 5.75 Å². The van der Waals surface area contributed by atoms with Crippen LogP contribution in [-0.4, -0.2) is 15.3 Å². The van der Waals surface area contributed by atoms with E-state index in [0.717, 1.165) is 24.4 Å². The molecule has 0 spiro atoms. The summed E-state index contributed by atoms with van der Waals surface area (Å²) in [5, 5.41) is 24.2. The summed E-state index contributed by atoms with van der Waals surface area (Å²) in [5.74, 6) is 1.04. The van der Waals surface area contributed by atoms with E-state index < -0.39 is 0 Å². The molecule has 0 aliphatic heterocycles. The molecule has 2 aliphatic rings. The summed E-state index contributed by atoms with van der Waals surface area (Å²) in [7, 11) is 0. The van der Waals surface area contributed by atoms with Crippen LogP contribution in [0.15, 0.2) is 18.2 Å². The molecule has 2 aliphatic carbocycles. The van der Waals surface area contributed by atoms with Gasteiger partial charge in [-0.05, 0) is 55.4 Å². The Kier molecular flexibility index (Phi) is 3.39. The van der Waals surface area contributed by atoms with Gasteiger partial charge in [0.2, 0.25) is 0 Å². The Balaban J connectivity index is 1.46. The quantitative estimate of drug-likeness (QED) is 0.910. The fraction of sp³-hybridized carbons (Fsp3) is 0.500. The first kappa shape index (κ1) is 13.2. The number of benzene rings is 1. The molecule has 2 aromatic rings. The minimum atomic E-state index is 0.314. The number of phenols is 1. The van der Waals surface area contributed by atoms with Gasteiger partial charge in [-0.15, -0.1) is 10.2 Å². The lowest BCUT2D eigenvalue weighted by Gasteiger charge is -2.26. The van der Waals surface area contributed by atoms with Crippen molar-refractivity contribution < 1.29 is 5.11 Å². The molecule has 1 saturated carbocycles. The summed E-state index contributed by atoms with van der Waals surface area (Å²) in [6.45, 7) is 0.768. The van der Waals surface area contributed by atoms with Crippen LogP contribution >= 0.6 is 11.3 Å². The number of nitrogens with one attached hydrogen (secondary N) is 1.